The molecule has 0 radical (unpaired) electrons. The Morgan fingerprint density at radius 3 is 2.55 bits per heavy atom. The van der Waals surface area contributed by atoms with Crippen LogP contribution in [0.15, 0.2) is 30.3 Å². The second kappa shape index (κ2) is 6.89. The van der Waals surface area contributed by atoms with Gasteiger partial charge in [-0.05, 0) is 19.4 Å². The molecule has 1 aromatic heterocycles. The van der Waals surface area contributed by atoms with Crippen molar-refractivity contribution in [1.29, 1.82) is 0 Å². The number of amides is 1. The van der Waals surface area contributed by atoms with Gasteiger partial charge in [0, 0.05) is 12.1 Å². The van der Waals surface area contributed by atoms with Crippen molar-refractivity contribution in [1.82, 2.24) is 15.1 Å². The highest BCUT2D eigenvalue weighted by Gasteiger charge is 2.20. The summed E-state index contributed by atoms with van der Waals surface area (Å²) in [6, 6.07) is 9.46. The van der Waals surface area contributed by atoms with Crippen LogP contribution in [0.4, 0.5) is 0 Å². The lowest BCUT2D eigenvalue weighted by Gasteiger charge is -2.18. The van der Waals surface area contributed by atoms with E-state index >= 15 is 0 Å². The first-order chi connectivity index (χ1) is 10.5. The molecule has 1 heterocycles. The average Bonchev–Trinajstić information content (AvgIpc) is 2.96. The number of aliphatic carboxylic acids is 1. The first-order valence-electron chi connectivity index (χ1n) is 7.14. The van der Waals surface area contributed by atoms with Crippen LogP contribution < -0.4 is 0 Å². The molecule has 0 aliphatic rings. The van der Waals surface area contributed by atoms with Crippen molar-refractivity contribution < 1.29 is 14.7 Å². The smallest absolute Gasteiger partial charge is 0.323 e. The summed E-state index contributed by atoms with van der Waals surface area (Å²) in [5.41, 5.74) is 3.01. The molecular formula is C16H19N3O3. The van der Waals surface area contributed by atoms with Gasteiger partial charge in [0.15, 0.2) is 0 Å². The van der Waals surface area contributed by atoms with E-state index in [4.69, 9.17) is 5.11 Å². The third-order valence-electron chi connectivity index (χ3n) is 3.26. The highest BCUT2D eigenvalue weighted by molar-refractivity contribution is 5.95. The number of aromatic amines is 1. The van der Waals surface area contributed by atoms with Crippen molar-refractivity contribution in [3.8, 4) is 11.3 Å². The SMILES string of the molecule is CCCN(CC(=O)O)C(=O)c1cc(-c2ccc(C)cc2)n[nH]1. The Bertz CT molecular complexity index is 662. The number of carbonyl (C=O) groups excluding carboxylic acids is 1. The predicted octanol–water partition coefficient (Wildman–Crippen LogP) is 2.32. The van der Waals surface area contributed by atoms with Crippen LogP contribution in [0, 0.1) is 6.92 Å². The van der Waals surface area contributed by atoms with Crippen molar-refractivity contribution in [2.75, 3.05) is 13.1 Å². The Labute approximate surface area is 128 Å². The van der Waals surface area contributed by atoms with Crippen LogP contribution in [-0.4, -0.2) is 45.2 Å². The molecule has 0 bridgehead atoms. The normalized spacial score (nSPS) is 10.5. The van der Waals surface area contributed by atoms with Crippen molar-refractivity contribution in [3.05, 3.63) is 41.6 Å². The summed E-state index contributed by atoms with van der Waals surface area (Å²) in [6.45, 7) is 3.97. The molecule has 22 heavy (non-hydrogen) atoms. The Hall–Kier alpha value is -2.63. The van der Waals surface area contributed by atoms with E-state index in [1.807, 2.05) is 38.1 Å². The molecule has 0 aliphatic heterocycles. The fourth-order valence-electron chi connectivity index (χ4n) is 2.16. The molecule has 6 nitrogen and oxygen atoms in total. The standard InChI is InChI=1S/C16H19N3O3/c1-3-8-19(10-15(20)21)16(22)14-9-13(17-18-14)12-6-4-11(2)5-7-12/h4-7,9H,3,8,10H2,1-2H3,(H,17,18)(H,20,21). The van der Waals surface area contributed by atoms with Gasteiger partial charge < -0.3 is 10.0 Å². The zero-order valence-corrected chi connectivity index (χ0v) is 12.7. The zero-order valence-electron chi connectivity index (χ0n) is 12.7. The number of nitrogens with one attached hydrogen (secondary N) is 1. The zero-order chi connectivity index (χ0) is 16.1. The molecule has 116 valence electrons. The number of carboxylic acid groups (broad SMARTS) is 1. The number of aromatic nitrogens is 2. The molecule has 0 saturated carbocycles. The molecule has 0 unspecified atom stereocenters. The molecule has 6 heteroatoms. The Kier molecular flexibility index (Phi) is 4.93. The summed E-state index contributed by atoms with van der Waals surface area (Å²) in [5, 5.41) is 15.7. The van der Waals surface area contributed by atoms with Crippen molar-refractivity contribution >= 4 is 11.9 Å². The highest BCUT2D eigenvalue weighted by atomic mass is 16.4. The molecule has 1 amide bonds. The van der Waals surface area contributed by atoms with Crippen molar-refractivity contribution in [3.63, 3.8) is 0 Å². The number of benzene rings is 1. The van der Waals surface area contributed by atoms with E-state index in [-0.39, 0.29) is 12.5 Å². The Morgan fingerprint density at radius 1 is 1.27 bits per heavy atom. The van der Waals surface area contributed by atoms with Gasteiger partial charge in [0.25, 0.3) is 5.91 Å². The predicted molar refractivity (Wildman–Crippen MR) is 82.6 cm³/mol. The topological polar surface area (TPSA) is 86.3 Å². The van der Waals surface area contributed by atoms with Gasteiger partial charge in [0.2, 0.25) is 0 Å². The van der Waals surface area contributed by atoms with Gasteiger partial charge >= 0.3 is 5.97 Å². The first-order valence-corrected chi connectivity index (χ1v) is 7.14. The monoisotopic (exact) mass is 301 g/mol. The van der Waals surface area contributed by atoms with E-state index in [1.54, 1.807) is 6.07 Å². The average molecular weight is 301 g/mol. The lowest BCUT2D eigenvalue weighted by Crippen LogP contribution is -2.36. The number of H-pyrrole nitrogens is 1. The molecule has 0 saturated heterocycles. The molecule has 0 atom stereocenters. The van der Waals surface area contributed by atoms with E-state index in [1.165, 1.54) is 4.90 Å². The third-order valence-corrected chi connectivity index (χ3v) is 3.26. The summed E-state index contributed by atoms with van der Waals surface area (Å²) in [5.74, 6) is -1.38. The van der Waals surface area contributed by atoms with Gasteiger partial charge in [-0.1, -0.05) is 36.8 Å². The second-order valence-electron chi connectivity index (χ2n) is 5.15. The molecule has 1 aromatic carbocycles. The van der Waals surface area contributed by atoms with Gasteiger partial charge in [0.05, 0.1) is 5.69 Å². The Balaban J connectivity index is 2.20. The minimum absolute atomic E-state index is 0.297. The van der Waals surface area contributed by atoms with E-state index in [0.717, 1.165) is 11.1 Å². The Morgan fingerprint density at radius 2 is 1.95 bits per heavy atom. The first kappa shape index (κ1) is 15.8. The van der Waals surface area contributed by atoms with Gasteiger partial charge in [-0.2, -0.15) is 5.10 Å². The number of aryl methyl sites for hydroxylation is 1. The quantitative estimate of drug-likeness (QED) is 0.857. The van der Waals surface area contributed by atoms with E-state index < -0.39 is 5.97 Å². The maximum absolute atomic E-state index is 12.4. The van der Waals surface area contributed by atoms with Gasteiger partial charge in [0.1, 0.15) is 12.2 Å². The maximum Gasteiger partial charge on any atom is 0.323 e. The summed E-state index contributed by atoms with van der Waals surface area (Å²) in [6.07, 6.45) is 0.692. The highest BCUT2D eigenvalue weighted by Crippen LogP contribution is 2.18. The van der Waals surface area contributed by atoms with Crippen molar-refractivity contribution in [2.45, 2.75) is 20.3 Å². The summed E-state index contributed by atoms with van der Waals surface area (Å²) >= 11 is 0. The van der Waals surface area contributed by atoms with Crippen LogP contribution in [-0.2, 0) is 4.79 Å². The number of rotatable bonds is 6. The summed E-state index contributed by atoms with van der Waals surface area (Å²) < 4.78 is 0. The molecular weight excluding hydrogens is 282 g/mol. The lowest BCUT2D eigenvalue weighted by atomic mass is 10.1. The molecule has 2 aromatic rings. The fourth-order valence-corrected chi connectivity index (χ4v) is 2.16. The van der Waals surface area contributed by atoms with E-state index in [2.05, 4.69) is 10.2 Å². The minimum atomic E-state index is -1.03. The van der Waals surface area contributed by atoms with Gasteiger partial charge in [-0.3, -0.25) is 14.7 Å². The van der Waals surface area contributed by atoms with E-state index in [9.17, 15) is 9.59 Å². The largest absolute Gasteiger partial charge is 0.480 e. The van der Waals surface area contributed by atoms with Crippen LogP contribution in [0.5, 0.6) is 0 Å². The van der Waals surface area contributed by atoms with Crippen LogP contribution in [0.25, 0.3) is 11.3 Å². The minimum Gasteiger partial charge on any atom is -0.480 e. The number of carboxylic acids is 1. The second-order valence-corrected chi connectivity index (χ2v) is 5.15. The third kappa shape index (κ3) is 3.72. The van der Waals surface area contributed by atoms with E-state index in [0.29, 0.717) is 24.4 Å². The molecule has 2 rings (SSSR count). The number of hydrogen-bond donors (Lipinski definition) is 2. The van der Waals surface area contributed by atoms with Gasteiger partial charge in [-0.15, -0.1) is 0 Å². The number of hydrogen-bond acceptors (Lipinski definition) is 3. The van der Waals surface area contributed by atoms with Gasteiger partial charge in [-0.25, -0.2) is 0 Å². The number of nitrogens with zero attached hydrogens (tertiary/aromatic N) is 2. The van der Waals surface area contributed by atoms with Crippen LogP contribution in [0.2, 0.25) is 0 Å². The molecule has 2 N–H and O–H groups in total. The molecule has 0 fully saturated rings. The number of carbonyl (C=O) groups is 2. The summed E-state index contributed by atoms with van der Waals surface area (Å²) in [7, 11) is 0. The fraction of sp³-hybridized carbons (Fsp3) is 0.312. The van der Waals surface area contributed by atoms with Crippen LogP contribution in [0.3, 0.4) is 0 Å². The summed E-state index contributed by atoms with van der Waals surface area (Å²) in [4.78, 5) is 24.5. The molecule has 0 spiro atoms. The lowest BCUT2D eigenvalue weighted by molar-refractivity contribution is -0.137. The van der Waals surface area contributed by atoms with Crippen molar-refractivity contribution in [2.24, 2.45) is 0 Å². The van der Waals surface area contributed by atoms with Crippen LogP contribution in [0.1, 0.15) is 29.4 Å². The molecule has 0 aliphatic carbocycles. The maximum atomic E-state index is 12.4. The van der Waals surface area contributed by atoms with Crippen LogP contribution >= 0.6 is 0 Å².